The zero-order valence-electron chi connectivity index (χ0n) is 26.2. The molecule has 3 aromatic rings. The molecule has 1 amide bonds. The van der Waals surface area contributed by atoms with Crippen molar-refractivity contribution in [2.24, 2.45) is 0 Å². The van der Waals surface area contributed by atoms with E-state index >= 15 is 0 Å². The van der Waals surface area contributed by atoms with Gasteiger partial charge in [-0.3, -0.25) is 0 Å². The van der Waals surface area contributed by atoms with Crippen molar-refractivity contribution >= 4 is 11.8 Å². The van der Waals surface area contributed by atoms with Crippen LogP contribution in [0.15, 0.2) is 72.8 Å². The second-order valence-electron chi connectivity index (χ2n) is 12.0. The first-order valence-electron chi connectivity index (χ1n) is 16.2. The van der Waals surface area contributed by atoms with Gasteiger partial charge in [-0.25, -0.2) is 4.79 Å². The van der Waals surface area contributed by atoms with E-state index in [0.29, 0.717) is 26.3 Å². The minimum absolute atomic E-state index is 0.136. The Morgan fingerprint density at radius 3 is 2.64 bits per heavy atom. The zero-order valence-corrected chi connectivity index (χ0v) is 26.2. The SMILES string of the molecule is COCCCN1CCOc2ccc(COC3CN(C(=O)OCc4ccccc4)CCC3c3ccc(OC4CCNC4)cc3)cc21. The summed E-state index contributed by atoms with van der Waals surface area (Å²) in [6.45, 7) is 6.81. The van der Waals surface area contributed by atoms with Crippen LogP contribution in [-0.4, -0.2) is 82.8 Å². The molecule has 0 aromatic heterocycles. The third-order valence-corrected chi connectivity index (χ3v) is 8.87. The Kier molecular flexibility index (Phi) is 10.7. The lowest BCUT2D eigenvalue weighted by Gasteiger charge is -2.38. The molecular formula is C36H45N3O6. The van der Waals surface area contributed by atoms with Gasteiger partial charge in [0.05, 0.1) is 31.5 Å². The van der Waals surface area contributed by atoms with Crippen molar-refractivity contribution < 1.29 is 28.5 Å². The average Bonchev–Trinajstić information content (AvgIpc) is 3.60. The lowest BCUT2D eigenvalue weighted by atomic mass is 9.87. The number of benzene rings is 3. The standard InChI is InChI=1S/C36H45N3O6/c1-41-20-5-17-38-19-21-42-34-13-8-28(22-33(34)38)26-43-35-24-39(36(40)44-25-27-6-3-2-4-7-27)18-15-32(35)29-9-11-30(12-10-29)45-31-14-16-37-23-31/h2-4,6-13,22,31-32,35,37H,5,14-21,23-26H2,1H3. The van der Waals surface area contributed by atoms with Gasteiger partial charge in [-0.15, -0.1) is 0 Å². The number of hydrogen-bond acceptors (Lipinski definition) is 8. The molecule has 1 N–H and O–H groups in total. The van der Waals surface area contributed by atoms with Gasteiger partial charge in [-0.05, 0) is 66.8 Å². The lowest BCUT2D eigenvalue weighted by molar-refractivity contribution is -0.0246. The Hall–Kier alpha value is -3.79. The molecule has 3 aromatic carbocycles. The molecule has 0 spiro atoms. The molecule has 2 saturated heterocycles. The van der Waals surface area contributed by atoms with Gasteiger partial charge in [0.25, 0.3) is 0 Å². The molecule has 3 aliphatic rings. The van der Waals surface area contributed by atoms with E-state index in [1.54, 1.807) is 12.0 Å². The molecule has 3 atom stereocenters. The number of hydrogen-bond donors (Lipinski definition) is 1. The Balaban J connectivity index is 1.14. The Morgan fingerprint density at radius 2 is 1.84 bits per heavy atom. The van der Waals surface area contributed by atoms with Crippen LogP contribution in [0.1, 0.15) is 41.9 Å². The van der Waals surface area contributed by atoms with Crippen molar-refractivity contribution in [1.29, 1.82) is 0 Å². The minimum Gasteiger partial charge on any atom is -0.490 e. The van der Waals surface area contributed by atoms with E-state index in [-0.39, 0.29) is 30.8 Å². The fourth-order valence-electron chi connectivity index (χ4n) is 6.40. The molecule has 240 valence electrons. The summed E-state index contributed by atoms with van der Waals surface area (Å²) in [4.78, 5) is 17.3. The molecule has 6 rings (SSSR count). The van der Waals surface area contributed by atoms with Crippen molar-refractivity contribution in [2.75, 3.05) is 64.5 Å². The van der Waals surface area contributed by atoms with Crippen LogP contribution < -0.4 is 19.7 Å². The van der Waals surface area contributed by atoms with E-state index in [4.69, 9.17) is 23.7 Å². The molecule has 3 heterocycles. The predicted molar refractivity (Wildman–Crippen MR) is 173 cm³/mol. The monoisotopic (exact) mass is 615 g/mol. The number of amides is 1. The highest BCUT2D eigenvalue weighted by Crippen LogP contribution is 2.35. The number of piperidine rings is 1. The molecular weight excluding hydrogens is 570 g/mol. The van der Waals surface area contributed by atoms with Gasteiger partial charge in [0, 0.05) is 39.3 Å². The normalized spacial score (nSPS) is 21.2. The number of nitrogens with zero attached hydrogens (tertiary/aromatic N) is 2. The molecule has 0 saturated carbocycles. The highest BCUT2D eigenvalue weighted by molar-refractivity contribution is 5.68. The van der Waals surface area contributed by atoms with E-state index < -0.39 is 0 Å². The lowest BCUT2D eigenvalue weighted by Crippen LogP contribution is -2.47. The molecule has 2 fully saturated rings. The molecule has 3 aliphatic heterocycles. The van der Waals surface area contributed by atoms with E-state index in [9.17, 15) is 4.79 Å². The maximum absolute atomic E-state index is 13.1. The van der Waals surface area contributed by atoms with Crippen LogP contribution >= 0.6 is 0 Å². The first-order valence-corrected chi connectivity index (χ1v) is 16.2. The molecule has 0 aliphatic carbocycles. The van der Waals surface area contributed by atoms with E-state index in [1.807, 2.05) is 36.4 Å². The number of carbonyl (C=O) groups is 1. The zero-order chi connectivity index (χ0) is 30.8. The van der Waals surface area contributed by atoms with Crippen LogP contribution in [0.5, 0.6) is 11.5 Å². The summed E-state index contributed by atoms with van der Waals surface area (Å²) in [5.41, 5.74) is 4.33. The smallest absolute Gasteiger partial charge is 0.410 e. The summed E-state index contributed by atoms with van der Waals surface area (Å²) in [6, 6.07) is 24.5. The van der Waals surface area contributed by atoms with Crippen molar-refractivity contribution in [3.8, 4) is 11.5 Å². The van der Waals surface area contributed by atoms with Crippen LogP contribution in [0.25, 0.3) is 0 Å². The maximum atomic E-state index is 13.1. The summed E-state index contributed by atoms with van der Waals surface area (Å²) in [5.74, 6) is 1.93. The number of likely N-dealkylation sites (tertiary alicyclic amines) is 1. The molecule has 0 bridgehead atoms. The largest absolute Gasteiger partial charge is 0.490 e. The van der Waals surface area contributed by atoms with Crippen LogP contribution in [0.2, 0.25) is 0 Å². The molecule has 9 heteroatoms. The van der Waals surface area contributed by atoms with Crippen molar-refractivity contribution in [3.63, 3.8) is 0 Å². The quantitative estimate of drug-likeness (QED) is 0.273. The van der Waals surface area contributed by atoms with Crippen LogP contribution in [-0.2, 0) is 27.4 Å². The average molecular weight is 616 g/mol. The number of rotatable bonds is 12. The number of ether oxygens (including phenoxy) is 5. The molecule has 3 unspecified atom stereocenters. The van der Waals surface area contributed by atoms with Crippen LogP contribution in [0.3, 0.4) is 0 Å². The molecule has 45 heavy (non-hydrogen) atoms. The van der Waals surface area contributed by atoms with Crippen molar-refractivity contribution in [3.05, 3.63) is 89.5 Å². The molecule has 0 radical (unpaired) electrons. The highest BCUT2D eigenvalue weighted by atomic mass is 16.6. The van der Waals surface area contributed by atoms with Gasteiger partial charge in [0.1, 0.15) is 30.8 Å². The minimum atomic E-state index is -0.308. The first-order chi connectivity index (χ1) is 22.2. The Morgan fingerprint density at radius 1 is 0.978 bits per heavy atom. The number of nitrogens with one attached hydrogen (secondary N) is 1. The van der Waals surface area contributed by atoms with Gasteiger partial charge in [-0.1, -0.05) is 48.5 Å². The summed E-state index contributed by atoms with van der Waals surface area (Å²) in [7, 11) is 1.74. The second kappa shape index (κ2) is 15.5. The molecule has 9 nitrogen and oxygen atoms in total. The fraction of sp³-hybridized carbons (Fsp3) is 0.472. The number of fused-ring (bicyclic) bond motifs is 1. The van der Waals surface area contributed by atoms with Gasteiger partial charge in [-0.2, -0.15) is 0 Å². The maximum Gasteiger partial charge on any atom is 0.410 e. The third kappa shape index (κ3) is 8.28. The Bertz CT molecular complexity index is 1360. The van der Waals surface area contributed by atoms with Gasteiger partial charge in [0.2, 0.25) is 0 Å². The fourth-order valence-corrected chi connectivity index (χ4v) is 6.40. The van der Waals surface area contributed by atoms with Gasteiger partial charge < -0.3 is 38.8 Å². The number of methoxy groups -OCH3 is 1. The number of carbonyl (C=O) groups excluding carboxylic acids is 1. The Labute approximate surface area is 266 Å². The van der Waals surface area contributed by atoms with Crippen LogP contribution in [0, 0.1) is 0 Å². The van der Waals surface area contributed by atoms with Crippen molar-refractivity contribution in [2.45, 2.75) is 50.6 Å². The predicted octanol–water partition coefficient (Wildman–Crippen LogP) is 5.37. The van der Waals surface area contributed by atoms with Crippen LogP contribution in [0.4, 0.5) is 10.5 Å². The summed E-state index contributed by atoms with van der Waals surface area (Å²) in [6.07, 6.45) is 2.48. The third-order valence-electron chi connectivity index (χ3n) is 8.87. The van der Waals surface area contributed by atoms with E-state index in [0.717, 1.165) is 80.4 Å². The van der Waals surface area contributed by atoms with E-state index in [1.165, 1.54) is 5.56 Å². The topological polar surface area (TPSA) is 81.7 Å². The summed E-state index contributed by atoms with van der Waals surface area (Å²) in [5, 5.41) is 3.35. The summed E-state index contributed by atoms with van der Waals surface area (Å²) < 4.78 is 29.7. The van der Waals surface area contributed by atoms with Gasteiger partial charge >= 0.3 is 6.09 Å². The number of anilines is 1. The highest BCUT2D eigenvalue weighted by Gasteiger charge is 2.34. The van der Waals surface area contributed by atoms with Gasteiger partial charge in [0.15, 0.2) is 0 Å². The summed E-state index contributed by atoms with van der Waals surface area (Å²) >= 11 is 0. The second-order valence-corrected chi connectivity index (χ2v) is 12.0. The van der Waals surface area contributed by atoms with E-state index in [2.05, 4.69) is 46.6 Å². The first kappa shape index (κ1) is 31.2. The van der Waals surface area contributed by atoms with Crippen molar-refractivity contribution in [1.82, 2.24) is 10.2 Å².